The van der Waals surface area contributed by atoms with Crippen molar-refractivity contribution in [3.63, 3.8) is 0 Å². The predicted molar refractivity (Wildman–Crippen MR) is 120 cm³/mol. The number of hydrogen-bond donors (Lipinski definition) is 3. The summed E-state index contributed by atoms with van der Waals surface area (Å²) in [5, 5.41) is 35.3. The average Bonchev–Trinajstić information content (AvgIpc) is 3.45. The van der Waals surface area contributed by atoms with Gasteiger partial charge in [0.1, 0.15) is 5.41 Å². The second kappa shape index (κ2) is 8.66. The SMILES string of the molecule is N#CC1(C(N)=O)CC1[C@]1(C(=O)O)C[C@@H](S(=O)(=O)c2ccccc2Cl)C[C@H]1COc1ccc(O)nn1. The number of carboxylic acid groups (broad SMARTS) is 1. The zero-order chi connectivity index (χ0) is 25.6. The first kappa shape index (κ1) is 24.7. The Labute approximate surface area is 205 Å². The number of nitrogens with zero attached hydrogens (tertiary/aromatic N) is 3. The van der Waals surface area contributed by atoms with E-state index in [-0.39, 0.29) is 47.5 Å². The molecule has 5 atom stereocenters. The third-order valence-electron chi connectivity index (χ3n) is 7.10. The molecule has 184 valence electrons. The van der Waals surface area contributed by atoms with Crippen molar-refractivity contribution >= 4 is 33.3 Å². The van der Waals surface area contributed by atoms with Crippen LogP contribution in [0.25, 0.3) is 0 Å². The van der Waals surface area contributed by atoms with Crippen LogP contribution in [0.15, 0.2) is 41.3 Å². The summed E-state index contributed by atoms with van der Waals surface area (Å²) in [5.74, 6) is -4.58. The maximum Gasteiger partial charge on any atom is 0.310 e. The van der Waals surface area contributed by atoms with Gasteiger partial charge in [-0.15, -0.1) is 10.2 Å². The summed E-state index contributed by atoms with van der Waals surface area (Å²) >= 11 is 6.14. The van der Waals surface area contributed by atoms with Gasteiger partial charge in [-0.3, -0.25) is 9.59 Å². The Bertz CT molecular complexity index is 1330. The molecule has 0 spiro atoms. The van der Waals surface area contributed by atoms with Crippen LogP contribution in [-0.2, 0) is 19.4 Å². The van der Waals surface area contributed by atoms with E-state index >= 15 is 0 Å². The summed E-state index contributed by atoms with van der Waals surface area (Å²) in [6, 6.07) is 10.2. The van der Waals surface area contributed by atoms with E-state index in [4.69, 9.17) is 22.1 Å². The lowest BCUT2D eigenvalue weighted by Crippen LogP contribution is -2.43. The maximum absolute atomic E-state index is 13.5. The average molecular weight is 521 g/mol. The van der Waals surface area contributed by atoms with Gasteiger partial charge >= 0.3 is 5.97 Å². The van der Waals surface area contributed by atoms with Crippen LogP contribution in [-0.4, -0.2) is 52.6 Å². The van der Waals surface area contributed by atoms with Gasteiger partial charge in [0, 0.05) is 24.0 Å². The second-order valence-corrected chi connectivity index (χ2v) is 11.4. The number of hydrogen-bond acceptors (Lipinski definition) is 9. The Morgan fingerprint density at radius 3 is 2.49 bits per heavy atom. The van der Waals surface area contributed by atoms with E-state index < -0.39 is 49.6 Å². The van der Waals surface area contributed by atoms with Crippen LogP contribution in [0.1, 0.15) is 19.3 Å². The molecule has 0 saturated heterocycles. The summed E-state index contributed by atoms with van der Waals surface area (Å²) in [6.45, 7) is -0.281. The highest BCUT2D eigenvalue weighted by Crippen LogP contribution is 2.68. The number of amides is 1. The van der Waals surface area contributed by atoms with Crippen LogP contribution in [0, 0.1) is 34.0 Å². The molecule has 0 bridgehead atoms. The van der Waals surface area contributed by atoms with E-state index in [0.717, 1.165) is 0 Å². The highest BCUT2D eigenvalue weighted by Gasteiger charge is 2.75. The minimum atomic E-state index is -4.08. The molecular weight excluding hydrogens is 500 g/mol. The lowest BCUT2D eigenvalue weighted by Gasteiger charge is -2.32. The molecule has 4 rings (SSSR count). The van der Waals surface area contributed by atoms with Gasteiger partial charge < -0.3 is 20.7 Å². The van der Waals surface area contributed by atoms with Gasteiger partial charge in [-0.25, -0.2) is 8.42 Å². The van der Waals surface area contributed by atoms with Crippen molar-refractivity contribution in [3.8, 4) is 17.8 Å². The molecular formula is C22H21ClN4O7S. The third kappa shape index (κ3) is 3.94. The van der Waals surface area contributed by atoms with Crippen LogP contribution < -0.4 is 10.5 Å². The van der Waals surface area contributed by atoms with E-state index in [0.29, 0.717) is 0 Å². The fourth-order valence-corrected chi connectivity index (χ4v) is 7.62. The highest BCUT2D eigenvalue weighted by molar-refractivity contribution is 7.92. The molecule has 0 radical (unpaired) electrons. The number of nitrogens with two attached hydrogens (primary N) is 1. The maximum atomic E-state index is 13.5. The van der Waals surface area contributed by atoms with Gasteiger partial charge in [0.05, 0.1) is 33.3 Å². The highest BCUT2D eigenvalue weighted by atomic mass is 35.5. The predicted octanol–water partition coefficient (Wildman–Crippen LogP) is 1.55. The van der Waals surface area contributed by atoms with Crippen molar-refractivity contribution < 1.29 is 33.0 Å². The standard InChI is InChI=1S/C22H21ClN4O7S/c23-14-3-1-2-4-15(14)35(32,33)13-7-12(10-34-18-6-5-17(28)26-27-18)22(8-13,20(30)31)16-9-21(16,11-24)19(25)29/h1-6,12-13,16H,7-10H2,(H2,25,29)(H,26,28)(H,30,31)/t12-,13-,16?,21?,22-/m0/s1. The Balaban J connectivity index is 1.74. The van der Waals surface area contributed by atoms with Crippen LogP contribution in [0.3, 0.4) is 0 Å². The first-order chi connectivity index (χ1) is 16.5. The molecule has 2 aromatic rings. The molecule has 2 unspecified atom stereocenters. The van der Waals surface area contributed by atoms with Crippen molar-refractivity contribution in [2.75, 3.05) is 6.61 Å². The number of halogens is 1. The Kier molecular flexibility index (Phi) is 6.11. The number of ether oxygens (including phenoxy) is 1. The molecule has 2 saturated carbocycles. The van der Waals surface area contributed by atoms with E-state index in [1.54, 1.807) is 6.07 Å². The monoisotopic (exact) mass is 520 g/mol. The molecule has 1 aromatic heterocycles. The molecule has 4 N–H and O–H groups in total. The number of primary amides is 1. The zero-order valence-corrected chi connectivity index (χ0v) is 19.7. The summed E-state index contributed by atoms with van der Waals surface area (Å²) < 4.78 is 32.6. The largest absolute Gasteiger partial charge is 0.492 e. The van der Waals surface area contributed by atoms with Gasteiger partial charge in [-0.05, 0) is 31.4 Å². The fraction of sp³-hybridized carbons (Fsp3) is 0.409. The minimum absolute atomic E-state index is 0.00224. The third-order valence-corrected chi connectivity index (χ3v) is 9.75. The van der Waals surface area contributed by atoms with Gasteiger partial charge in [-0.2, -0.15) is 5.26 Å². The number of aromatic hydroxyl groups is 1. The lowest BCUT2D eigenvalue weighted by atomic mass is 9.71. The molecule has 1 heterocycles. The van der Waals surface area contributed by atoms with Crippen molar-refractivity contribution in [2.45, 2.75) is 29.4 Å². The molecule has 1 aromatic carbocycles. The number of carbonyl (C=O) groups is 2. The molecule has 2 fully saturated rings. The molecule has 1 amide bonds. The van der Waals surface area contributed by atoms with E-state index in [9.17, 15) is 33.5 Å². The summed E-state index contributed by atoms with van der Waals surface area (Å²) in [5.41, 5.74) is 1.96. The van der Waals surface area contributed by atoms with Crippen molar-refractivity contribution in [1.29, 1.82) is 5.26 Å². The normalized spacial score (nSPS) is 29.8. The molecule has 13 heteroatoms. The lowest BCUT2D eigenvalue weighted by molar-refractivity contribution is -0.154. The van der Waals surface area contributed by atoms with Crippen LogP contribution in [0.4, 0.5) is 0 Å². The molecule has 11 nitrogen and oxygen atoms in total. The molecule has 35 heavy (non-hydrogen) atoms. The first-order valence-corrected chi connectivity index (χ1v) is 12.5. The summed E-state index contributed by atoms with van der Waals surface area (Å²) in [7, 11) is -4.08. The molecule has 2 aliphatic rings. The van der Waals surface area contributed by atoms with Crippen molar-refractivity contribution in [1.82, 2.24) is 10.2 Å². The molecule has 2 aliphatic carbocycles. The second-order valence-electron chi connectivity index (χ2n) is 8.82. The first-order valence-electron chi connectivity index (χ1n) is 10.6. The van der Waals surface area contributed by atoms with Gasteiger partial charge in [-0.1, -0.05) is 23.7 Å². The topological polar surface area (TPSA) is 194 Å². The Morgan fingerprint density at radius 1 is 1.23 bits per heavy atom. The van der Waals surface area contributed by atoms with E-state index in [1.807, 2.05) is 6.07 Å². The van der Waals surface area contributed by atoms with E-state index in [2.05, 4.69) is 10.2 Å². The fourth-order valence-electron chi connectivity index (χ4n) is 5.21. The number of sulfone groups is 1. The number of benzene rings is 1. The van der Waals surface area contributed by atoms with Crippen LogP contribution >= 0.6 is 11.6 Å². The van der Waals surface area contributed by atoms with Gasteiger partial charge in [0.15, 0.2) is 9.84 Å². The summed E-state index contributed by atoms with van der Waals surface area (Å²) in [4.78, 5) is 24.8. The quantitative estimate of drug-likeness (QED) is 0.459. The van der Waals surface area contributed by atoms with Gasteiger partial charge in [0.25, 0.3) is 0 Å². The number of rotatable bonds is 8. The number of carbonyl (C=O) groups excluding carboxylic acids is 1. The van der Waals surface area contributed by atoms with Crippen molar-refractivity contribution in [2.24, 2.45) is 28.4 Å². The van der Waals surface area contributed by atoms with Gasteiger partial charge in [0.2, 0.25) is 17.7 Å². The van der Waals surface area contributed by atoms with E-state index in [1.165, 1.54) is 30.3 Å². The van der Waals surface area contributed by atoms with Crippen molar-refractivity contribution in [3.05, 3.63) is 41.4 Å². The number of nitriles is 1. The zero-order valence-electron chi connectivity index (χ0n) is 18.2. The minimum Gasteiger partial charge on any atom is -0.492 e. The smallest absolute Gasteiger partial charge is 0.310 e. The Morgan fingerprint density at radius 2 is 1.94 bits per heavy atom. The number of carboxylic acids is 1. The number of aromatic nitrogens is 2. The van der Waals surface area contributed by atoms with Crippen LogP contribution in [0.5, 0.6) is 11.8 Å². The number of aliphatic carboxylic acids is 1. The summed E-state index contributed by atoms with van der Waals surface area (Å²) in [6.07, 6.45) is -0.575. The Hall–Kier alpha value is -3.43. The molecule has 0 aliphatic heterocycles. The van der Waals surface area contributed by atoms with Crippen LogP contribution in [0.2, 0.25) is 5.02 Å².